The van der Waals surface area contributed by atoms with Gasteiger partial charge in [0.25, 0.3) is 0 Å². The van der Waals surface area contributed by atoms with Crippen LogP contribution in [0.1, 0.15) is 31.9 Å². The number of hydrogen-bond acceptors (Lipinski definition) is 4. The van der Waals surface area contributed by atoms with Gasteiger partial charge in [-0.05, 0) is 25.8 Å². The Bertz CT molecular complexity index is 329. The molecule has 1 aliphatic rings. The Labute approximate surface area is 108 Å². The molecule has 0 radical (unpaired) electrons. The summed E-state index contributed by atoms with van der Waals surface area (Å²) in [7, 11) is 1.99. The minimum absolute atomic E-state index is 0.940. The van der Waals surface area contributed by atoms with Crippen LogP contribution in [0.25, 0.3) is 0 Å². The van der Waals surface area contributed by atoms with Gasteiger partial charge in [-0.2, -0.15) is 0 Å². The van der Waals surface area contributed by atoms with Crippen LogP contribution in [0.3, 0.4) is 0 Å². The lowest BCUT2D eigenvalue weighted by Crippen LogP contribution is -2.33. The van der Waals surface area contributed by atoms with Crippen LogP contribution < -0.4 is 10.2 Å². The number of nitrogens with zero attached hydrogens (tertiary/aromatic N) is 2. The molecular formula is C13H23N3S. The monoisotopic (exact) mass is 253 g/mol. The molecule has 17 heavy (non-hydrogen) atoms. The van der Waals surface area contributed by atoms with Crippen molar-refractivity contribution in [3.63, 3.8) is 0 Å². The topological polar surface area (TPSA) is 28.2 Å². The molecule has 0 unspecified atom stereocenters. The van der Waals surface area contributed by atoms with E-state index in [0.29, 0.717) is 0 Å². The normalized spacial score (nSPS) is 17.6. The van der Waals surface area contributed by atoms with Gasteiger partial charge in [0.1, 0.15) is 0 Å². The molecule has 1 aliphatic heterocycles. The highest BCUT2D eigenvalue weighted by Gasteiger charge is 2.19. The molecule has 0 spiro atoms. The van der Waals surface area contributed by atoms with E-state index >= 15 is 0 Å². The molecule has 1 aromatic heterocycles. The van der Waals surface area contributed by atoms with Crippen molar-refractivity contribution >= 4 is 16.5 Å². The zero-order valence-corrected chi connectivity index (χ0v) is 11.7. The van der Waals surface area contributed by atoms with Crippen molar-refractivity contribution in [3.8, 4) is 0 Å². The molecule has 2 rings (SSSR count). The molecule has 0 amide bonds. The molecule has 0 saturated carbocycles. The van der Waals surface area contributed by atoms with Gasteiger partial charge in [0.2, 0.25) is 0 Å². The fourth-order valence-electron chi connectivity index (χ4n) is 2.34. The third kappa shape index (κ3) is 3.42. The standard InChI is InChI=1S/C13H23N3S/c1-3-11-5-8-16(9-6-11)13-15-12(10-17-13)4-7-14-2/h10-11,14H,3-9H2,1-2H3. The van der Waals surface area contributed by atoms with Gasteiger partial charge in [0, 0.05) is 31.4 Å². The van der Waals surface area contributed by atoms with Crippen molar-refractivity contribution < 1.29 is 0 Å². The van der Waals surface area contributed by atoms with Crippen LogP contribution in [0.5, 0.6) is 0 Å². The van der Waals surface area contributed by atoms with Crippen LogP contribution in [0.4, 0.5) is 5.13 Å². The van der Waals surface area contributed by atoms with Gasteiger partial charge >= 0.3 is 0 Å². The van der Waals surface area contributed by atoms with Gasteiger partial charge in [0.05, 0.1) is 5.69 Å². The number of rotatable bonds is 5. The molecule has 2 heterocycles. The van der Waals surface area contributed by atoms with E-state index in [1.165, 1.54) is 43.2 Å². The van der Waals surface area contributed by atoms with E-state index in [0.717, 1.165) is 18.9 Å². The highest BCUT2D eigenvalue weighted by Crippen LogP contribution is 2.27. The average molecular weight is 253 g/mol. The van der Waals surface area contributed by atoms with Gasteiger partial charge in [-0.15, -0.1) is 11.3 Å². The lowest BCUT2D eigenvalue weighted by molar-refractivity contribution is 0.395. The lowest BCUT2D eigenvalue weighted by atomic mass is 9.95. The van der Waals surface area contributed by atoms with E-state index in [9.17, 15) is 0 Å². The van der Waals surface area contributed by atoms with E-state index in [2.05, 4.69) is 22.5 Å². The van der Waals surface area contributed by atoms with Crippen molar-refractivity contribution in [3.05, 3.63) is 11.1 Å². The first-order chi connectivity index (χ1) is 8.33. The molecule has 1 saturated heterocycles. The zero-order valence-electron chi connectivity index (χ0n) is 10.9. The predicted molar refractivity (Wildman–Crippen MR) is 75.0 cm³/mol. The largest absolute Gasteiger partial charge is 0.348 e. The van der Waals surface area contributed by atoms with Crippen molar-refractivity contribution in [2.45, 2.75) is 32.6 Å². The molecule has 3 nitrogen and oxygen atoms in total. The Morgan fingerprint density at radius 1 is 1.47 bits per heavy atom. The molecule has 96 valence electrons. The van der Waals surface area contributed by atoms with Crippen LogP contribution in [-0.2, 0) is 6.42 Å². The number of hydrogen-bond donors (Lipinski definition) is 1. The molecule has 4 heteroatoms. The summed E-state index contributed by atoms with van der Waals surface area (Å²) in [4.78, 5) is 7.18. The molecule has 0 bridgehead atoms. The van der Waals surface area contributed by atoms with Crippen molar-refractivity contribution in [2.24, 2.45) is 5.92 Å². The summed E-state index contributed by atoms with van der Waals surface area (Å²) < 4.78 is 0. The van der Waals surface area contributed by atoms with Crippen molar-refractivity contribution in [1.29, 1.82) is 0 Å². The van der Waals surface area contributed by atoms with E-state index in [-0.39, 0.29) is 0 Å². The maximum Gasteiger partial charge on any atom is 0.185 e. The Hall–Kier alpha value is -0.610. The lowest BCUT2D eigenvalue weighted by Gasteiger charge is -2.31. The number of piperidine rings is 1. The van der Waals surface area contributed by atoms with Gasteiger partial charge < -0.3 is 10.2 Å². The predicted octanol–water partition coefficient (Wildman–Crippen LogP) is 2.53. The molecule has 1 fully saturated rings. The van der Waals surface area contributed by atoms with E-state index < -0.39 is 0 Å². The number of aromatic nitrogens is 1. The summed E-state index contributed by atoms with van der Waals surface area (Å²) in [6.07, 6.45) is 5.04. The number of likely N-dealkylation sites (N-methyl/N-ethyl adjacent to an activating group) is 1. The Balaban J connectivity index is 1.87. The fraction of sp³-hybridized carbons (Fsp3) is 0.769. The highest BCUT2D eigenvalue weighted by molar-refractivity contribution is 7.13. The second-order valence-electron chi connectivity index (χ2n) is 4.81. The van der Waals surface area contributed by atoms with Crippen LogP contribution >= 0.6 is 11.3 Å². The smallest absolute Gasteiger partial charge is 0.185 e. The first-order valence-corrected chi connectivity index (χ1v) is 7.55. The first kappa shape index (κ1) is 12.8. The number of nitrogens with one attached hydrogen (secondary N) is 1. The third-order valence-electron chi connectivity index (χ3n) is 3.63. The molecule has 1 aromatic rings. The minimum atomic E-state index is 0.940. The summed E-state index contributed by atoms with van der Waals surface area (Å²) in [5.74, 6) is 0.940. The summed E-state index contributed by atoms with van der Waals surface area (Å²) in [5.41, 5.74) is 1.23. The summed E-state index contributed by atoms with van der Waals surface area (Å²) in [6.45, 7) is 5.70. The Morgan fingerprint density at radius 2 is 2.24 bits per heavy atom. The summed E-state index contributed by atoms with van der Waals surface area (Å²) >= 11 is 1.80. The Morgan fingerprint density at radius 3 is 2.88 bits per heavy atom. The fourth-order valence-corrected chi connectivity index (χ4v) is 3.26. The second kappa shape index (κ2) is 6.36. The quantitative estimate of drug-likeness (QED) is 0.874. The SMILES string of the molecule is CCC1CCN(c2nc(CCNC)cs2)CC1. The van der Waals surface area contributed by atoms with Gasteiger partial charge in [-0.25, -0.2) is 4.98 Å². The maximum absolute atomic E-state index is 4.73. The molecule has 0 atom stereocenters. The maximum atomic E-state index is 4.73. The van der Waals surface area contributed by atoms with Crippen LogP contribution in [-0.4, -0.2) is 31.7 Å². The third-order valence-corrected chi connectivity index (χ3v) is 4.58. The first-order valence-electron chi connectivity index (χ1n) is 6.67. The van der Waals surface area contributed by atoms with Crippen LogP contribution in [0, 0.1) is 5.92 Å². The van der Waals surface area contributed by atoms with Crippen LogP contribution in [0.15, 0.2) is 5.38 Å². The van der Waals surface area contributed by atoms with E-state index in [1.807, 2.05) is 7.05 Å². The summed E-state index contributed by atoms with van der Waals surface area (Å²) in [5, 5.41) is 6.60. The van der Waals surface area contributed by atoms with Gasteiger partial charge in [-0.1, -0.05) is 13.3 Å². The molecular weight excluding hydrogens is 230 g/mol. The van der Waals surface area contributed by atoms with E-state index in [1.54, 1.807) is 11.3 Å². The molecule has 0 aromatic carbocycles. The molecule has 0 aliphatic carbocycles. The summed E-state index contributed by atoms with van der Waals surface area (Å²) in [6, 6.07) is 0. The molecule has 1 N–H and O–H groups in total. The van der Waals surface area contributed by atoms with Gasteiger partial charge in [0.15, 0.2) is 5.13 Å². The minimum Gasteiger partial charge on any atom is -0.348 e. The highest BCUT2D eigenvalue weighted by atomic mass is 32.1. The average Bonchev–Trinajstić information content (AvgIpc) is 2.85. The van der Waals surface area contributed by atoms with E-state index in [4.69, 9.17) is 4.98 Å². The van der Waals surface area contributed by atoms with Gasteiger partial charge in [-0.3, -0.25) is 0 Å². The second-order valence-corrected chi connectivity index (χ2v) is 5.65. The van der Waals surface area contributed by atoms with Crippen molar-refractivity contribution in [2.75, 3.05) is 31.6 Å². The van der Waals surface area contributed by atoms with Crippen molar-refractivity contribution in [1.82, 2.24) is 10.3 Å². The van der Waals surface area contributed by atoms with Crippen LogP contribution in [0.2, 0.25) is 0 Å². The Kier molecular flexibility index (Phi) is 4.80. The number of thiazole rings is 1. The number of anilines is 1. The zero-order chi connectivity index (χ0) is 12.1.